The summed E-state index contributed by atoms with van der Waals surface area (Å²) in [4.78, 5) is 4.30. The molecule has 31 heavy (non-hydrogen) atoms. The van der Waals surface area contributed by atoms with Crippen LogP contribution in [-0.4, -0.2) is 45.0 Å². The lowest BCUT2D eigenvalue weighted by Crippen LogP contribution is -2.41. The van der Waals surface area contributed by atoms with E-state index in [9.17, 15) is 8.60 Å². The summed E-state index contributed by atoms with van der Waals surface area (Å²) < 4.78 is 33.9. The molecular formula is C24H26FN3O2S. The molecule has 2 heterocycles. The van der Waals surface area contributed by atoms with Crippen LogP contribution < -0.4 is 10.1 Å². The molecule has 1 saturated carbocycles. The van der Waals surface area contributed by atoms with Crippen molar-refractivity contribution in [3.63, 3.8) is 0 Å². The zero-order valence-electron chi connectivity index (χ0n) is 17.5. The molecule has 1 saturated heterocycles. The molecule has 1 aliphatic carbocycles. The Labute approximate surface area is 184 Å². The number of aromatic nitrogens is 1. The largest absolute Gasteiger partial charge is 0.494 e. The molecular weight excluding hydrogens is 413 g/mol. The number of hydrogen-bond donors (Lipinski definition) is 1. The maximum Gasteiger partial charge on any atom is 0.165 e. The second-order valence-corrected chi connectivity index (χ2v) is 10.0. The number of halogens is 1. The third-order valence-corrected chi connectivity index (χ3v) is 8.03. The number of fused-ring (bicyclic) bond motifs is 1. The number of ether oxygens (including phenoxy) is 1. The molecule has 2 fully saturated rings. The summed E-state index contributed by atoms with van der Waals surface area (Å²) in [7, 11) is 0.652. The second kappa shape index (κ2) is 8.55. The fourth-order valence-electron chi connectivity index (χ4n) is 4.21. The molecule has 1 unspecified atom stereocenters. The first-order valence-corrected chi connectivity index (χ1v) is 11.9. The summed E-state index contributed by atoms with van der Waals surface area (Å²) in [5, 5.41) is 6.18. The Balaban J connectivity index is 1.40. The van der Waals surface area contributed by atoms with Gasteiger partial charge in [-0.25, -0.2) is 12.9 Å². The van der Waals surface area contributed by atoms with Crippen molar-refractivity contribution in [1.29, 1.82) is 0 Å². The Hall–Kier alpha value is -2.51. The van der Waals surface area contributed by atoms with Gasteiger partial charge in [-0.05, 0) is 72.5 Å². The van der Waals surface area contributed by atoms with Crippen molar-refractivity contribution >= 4 is 27.4 Å². The van der Waals surface area contributed by atoms with Gasteiger partial charge in [0.2, 0.25) is 0 Å². The van der Waals surface area contributed by atoms with Crippen molar-refractivity contribution < 1.29 is 13.3 Å². The maximum absolute atomic E-state index is 14.3. The van der Waals surface area contributed by atoms with Crippen LogP contribution >= 0.6 is 0 Å². The molecule has 5 nitrogen and oxygen atoms in total. The van der Waals surface area contributed by atoms with Gasteiger partial charge in [0.15, 0.2) is 11.6 Å². The molecule has 1 N–H and O–H groups in total. The summed E-state index contributed by atoms with van der Waals surface area (Å²) in [6.07, 6.45) is 7.73. The Morgan fingerprint density at radius 2 is 1.90 bits per heavy atom. The molecule has 2 aromatic carbocycles. The van der Waals surface area contributed by atoms with E-state index in [-0.39, 0.29) is 11.6 Å². The molecule has 0 amide bonds. The van der Waals surface area contributed by atoms with Gasteiger partial charge in [-0.1, -0.05) is 6.07 Å². The van der Waals surface area contributed by atoms with E-state index in [1.165, 1.54) is 13.2 Å². The van der Waals surface area contributed by atoms with Crippen molar-refractivity contribution in [3.05, 3.63) is 54.6 Å². The van der Waals surface area contributed by atoms with E-state index in [1.807, 2.05) is 18.3 Å². The minimum absolute atomic E-state index is 0.238. The number of nitrogens with one attached hydrogen (secondary N) is 1. The van der Waals surface area contributed by atoms with Crippen molar-refractivity contribution in [2.24, 2.45) is 0 Å². The predicted molar refractivity (Wildman–Crippen MR) is 123 cm³/mol. The molecule has 1 aromatic heterocycles. The van der Waals surface area contributed by atoms with Crippen LogP contribution in [0.3, 0.4) is 0 Å². The smallest absolute Gasteiger partial charge is 0.165 e. The lowest BCUT2D eigenvalue weighted by molar-refractivity contribution is 0.345. The highest BCUT2D eigenvalue weighted by molar-refractivity contribution is 7.83. The molecule has 162 valence electrons. The number of benzene rings is 2. The normalized spacial score (nSPS) is 18.8. The molecule has 0 bridgehead atoms. The number of pyridine rings is 1. The predicted octanol–water partition coefficient (Wildman–Crippen LogP) is 4.75. The summed E-state index contributed by atoms with van der Waals surface area (Å²) in [6.45, 7) is 1.70. The Morgan fingerprint density at radius 3 is 2.61 bits per heavy atom. The summed E-state index contributed by atoms with van der Waals surface area (Å²) in [5.74, 6) is -0.136. The van der Waals surface area contributed by atoms with E-state index >= 15 is 0 Å². The summed E-state index contributed by atoms with van der Waals surface area (Å²) >= 11 is 0. The van der Waals surface area contributed by atoms with Crippen LogP contribution in [0, 0.1) is 5.82 Å². The van der Waals surface area contributed by atoms with Gasteiger partial charge in [0.05, 0.1) is 18.1 Å². The number of hydrogen-bond acceptors (Lipinski definition) is 4. The lowest BCUT2D eigenvalue weighted by atomic mass is 9.99. The van der Waals surface area contributed by atoms with Crippen LogP contribution in [0.1, 0.15) is 25.7 Å². The van der Waals surface area contributed by atoms with Gasteiger partial charge in [-0.2, -0.15) is 0 Å². The molecule has 7 heteroatoms. The van der Waals surface area contributed by atoms with Crippen LogP contribution in [0.25, 0.3) is 21.9 Å². The Morgan fingerprint density at radius 1 is 1.10 bits per heavy atom. The molecule has 0 spiro atoms. The summed E-state index contributed by atoms with van der Waals surface area (Å²) in [6, 6.07) is 11.5. The number of anilines is 1. The first-order chi connectivity index (χ1) is 15.1. The second-order valence-electron chi connectivity index (χ2n) is 8.29. The highest BCUT2D eigenvalue weighted by Gasteiger charge is 2.34. The van der Waals surface area contributed by atoms with Gasteiger partial charge in [-0.15, -0.1) is 0 Å². The van der Waals surface area contributed by atoms with Crippen molar-refractivity contribution in [2.75, 3.05) is 25.5 Å². The van der Waals surface area contributed by atoms with Gasteiger partial charge in [0.25, 0.3) is 0 Å². The fourth-order valence-corrected chi connectivity index (χ4v) is 5.74. The van der Waals surface area contributed by atoms with Gasteiger partial charge in [-0.3, -0.25) is 4.98 Å². The van der Waals surface area contributed by atoms with Gasteiger partial charge >= 0.3 is 0 Å². The van der Waals surface area contributed by atoms with Crippen LogP contribution in [0.5, 0.6) is 5.75 Å². The zero-order chi connectivity index (χ0) is 21.4. The molecule has 1 aliphatic heterocycles. The number of methoxy groups -OCH3 is 1. The van der Waals surface area contributed by atoms with E-state index in [2.05, 4.69) is 26.7 Å². The van der Waals surface area contributed by atoms with E-state index in [1.54, 1.807) is 12.3 Å². The van der Waals surface area contributed by atoms with Crippen molar-refractivity contribution in [3.8, 4) is 16.9 Å². The Bertz CT molecular complexity index is 1130. The lowest BCUT2D eigenvalue weighted by Gasteiger charge is -2.32. The van der Waals surface area contributed by atoms with Crippen molar-refractivity contribution in [2.45, 2.75) is 37.0 Å². The molecule has 1 atom stereocenters. The van der Waals surface area contributed by atoms with Crippen LogP contribution in [0.4, 0.5) is 10.1 Å². The minimum Gasteiger partial charge on any atom is -0.494 e. The van der Waals surface area contributed by atoms with E-state index < -0.39 is 11.0 Å². The monoisotopic (exact) mass is 439 g/mol. The van der Waals surface area contributed by atoms with E-state index in [4.69, 9.17) is 4.74 Å². The SMILES string of the molecule is COc1ccc(-c2cc(NC3CCN(S(=O)C4CC4)CC3)c3cnccc3c2)cc1F. The van der Waals surface area contributed by atoms with Gasteiger partial charge in [0.1, 0.15) is 0 Å². The summed E-state index contributed by atoms with van der Waals surface area (Å²) in [5.41, 5.74) is 2.74. The van der Waals surface area contributed by atoms with E-state index in [0.29, 0.717) is 11.3 Å². The third-order valence-electron chi connectivity index (χ3n) is 6.12. The number of nitrogens with zero attached hydrogens (tertiary/aromatic N) is 2. The molecule has 3 aromatic rings. The number of rotatable bonds is 6. The van der Waals surface area contributed by atoms with Gasteiger partial charge in [0, 0.05) is 47.8 Å². The highest BCUT2D eigenvalue weighted by atomic mass is 32.2. The first kappa shape index (κ1) is 20.4. The average molecular weight is 440 g/mol. The maximum atomic E-state index is 14.3. The Kier molecular flexibility index (Phi) is 5.63. The molecule has 2 aliphatic rings. The van der Waals surface area contributed by atoms with Crippen LogP contribution in [-0.2, 0) is 11.0 Å². The molecule has 0 radical (unpaired) electrons. The van der Waals surface area contributed by atoms with Crippen LogP contribution in [0.2, 0.25) is 0 Å². The average Bonchev–Trinajstić information content (AvgIpc) is 3.64. The minimum atomic E-state index is -0.815. The van der Waals surface area contributed by atoms with Crippen molar-refractivity contribution in [1.82, 2.24) is 9.29 Å². The topological polar surface area (TPSA) is 54.5 Å². The van der Waals surface area contributed by atoms with E-state index in [0.717, 1.165) is 66.4 Å². The number of piperidine rings is 1. The van der Waals surface area contributed by atoms with Crippen LogP contribution in [0.15, 0.2) is 48.8 Å². The zero-order valence-corrected chi connectivity index (χ0v) is 18.3. The molecule has 5 rings (SSSR count). The standard InChI is InChI=1S/C24H26FN3O2S/c1-30-24-5-2-16(13-22(24)25)18-12-17-6-9-26-15-21(17)23(14-18)27-19-7-10-28(11-8-19)31(29)20-3-4-20/h2,5-6,9,12-15,19-20,27H,3-4,7-8,10-11H2,1H3. The quantitative estimate of drug-likeness (QED) is 0.602. The third kappa shape index (κ3) is 4.29. The highest BCUT2D eigenvalue weighted by Crippen LogP contribution is 2.34. The van der Waals surface area contributed by atoms with Gasteiger partial charge < -0.3 is 10.1 Å². The first-order valence-electron chi connectivity index (χ1n) is 10.8. The fraction of sp³-hybridized carbons (Fsp3) is 0.375.